The molecule has 1 N–H and O–H groups in total. The van der Waals surface area contributed by atoms with Crippen molar-refractivity contribution in [3.05, 3.63) is 65.7 Å². The molecule has 134 valence electrons. The predicted octanol–water partition coefficient (Wildman–Crippen LogP) is 5.28. The highest BCUT2D eigenvalue weighted by Gasteiger charge is 2.15. The number of nitrogens with zero attached hydrogens (tertiary/aromatic N) is 2. The Hall–Kier alpha value is -2.88. The van der Waals surface area contributed by atoms with Crippen molar-refractivity contribution >= 4 is 11.7 Å². The Kier molecular flexibility index (Phi) is 5.52. The summed E-state index contributed by atoms with van der Waals surface area (Å²) in [5.74, 6) is 0.731. The fourth-order valence-corrected chi connectivity index (χ4v) is 2.99. The fraction of sp³-hybridized carbons (Fsp3) is 0.273. The Bertz CT molecular complexity index is 897. The molecule has 0 bridgehead atoms. The van der Waals surface area contributed by atoms with Gasteiger partial charge in [-0.15, -0.1) is 0 Å². The second kappa shape index (κ2) is 8.00. The molecule has 0 aliphatic heterocycles. The van der Waals surface area contributed by atoms with Crippen LogP contribution in [0.5, 0.6) is 0 Å². The molecule has 0 atom stereocenters. The van der Waals surface area contributed by atoms with Crippen molar-refractivity contribution < 1.29 is 4.79 Å². The number of carbonyl (C=O) groups is 1. The van der Waals surface area contributed by atoms with Crippen LogP contribution < -0.4 is 5.32 Å². The molecule has 4 nitrogen and oxygen atoms in total. The summed E-state index contributed by atoms with van der Waals surface area (Å²) in [6.07, 6.45) is 2.41. The number of unbranched alkanes of at least 4 members (excludes halogenated alkanes) is 1. The zero-order valence-electron chi connectivity index (χ0n) is 15.6. The minimum Gasteiger partial charge on any atom is -0.311 e. The van der Waals surface area contributed by atoms with Crippen LogP contribution in [0.2, 0.25) is 0 Å². The molecule has 1 aromatic heterocycles. The lowest BCUT2D eigenvalue weighted by molar-refractivity contribution is -0.116. The van der Waals surface area contributed by atoms with E-state index in [0.29, 0.717) is 12.2 Å². The number of nitrogens with one attached hydrogen (secondary N) is 1. The summed E-state index contributed by atoms with van der Waals surface area (Å²) in [5.41, 5.74) is 5.17. The fourth-order valence-electron chi connectivity index (χ4n) is 2.99. The predicted molar refractivity (Wildman–Crippen MR) is 107 cm³/mol. The summed E-state index contributed by atoms with van der Waals surface area (Å²) in [6, 6.07) is 18.2. The third kappa shape index (κ3) is 4.02. The molecule has 0 spiro atoms. The van der Waals surface area contributed by atoms with E-state index >= 15 is 0 Å². The van der Waals surface area contributed by atoms with Gasteiger partial charge >= 0.3 is 0 Å². The van der Waals surface area contributed by atoms with Gasteiger partial charge in [-0.2, -0.15) is 5.10 Å². The van der Waals surface area contributed by atoms with Crippen molar-refractivity contribution in [2.45, 2.75) is 40.0 Å². The normalized spacial score (nSPS) is 10.7. The van der Waals surface area contributed by atoms with Gasteiger partial charge in [-0.1, -0.05) is 61.4 Å². The summed E-state index contributed by atoms with van der Waals surface area (Å²) < 4.78 is 1.83. The van der Waals surface area contributed by atoms with Gasteiger partial charge in [0.2, 0.25) is 5.91 Å². The van der Waals surface area contributed by atoms with Gasteiger partial charge in [0, 0.05) is 18.1 Å². The molecule has 2 aromatic carbocycles. The van der Waals surface area contributed by atoms with E-state index in [1.807, 2.05) is 47.1 Å². The van der Waals surface area contributed by atoms with Gasteiger partial charge in [-0.05, 0) is 31.9 Å². The van der Waals surface area contributed by atoms with E-state index in [2.05, 4.69) is 38.2 Å². The number of rotatable bonds is 6. The molecule has 1 amide bonds. The third-order valence-corrected chi connectivity index (χ3v) is 4.38. The largest absolute Gasteiger partial charge is 0.311 e. The Morgan fingerprint density at radius 3 is 2.54 bits per heavy atom. The van der Waals surface area contributed by atoms with Gasteiger partial charge in [-0.25, -0.2) is 4.68 Å². The third-order valence-electron chi connectivity index (χ3n) is 4.38. The maximum Gasteiger partial charge on any atom is 0.225 e. The SMILES string of the molecule is CCCCC(=O)Nc1cc(-c2ccccc2)nn1-c1ccc(C)cc1C. The molecule has 1 heterocycles. The number of amides is 1. The highest BCUT2D eigenvalue weighted by molar-refractivity contribution is 5.90. The number of benzene rings is 2. The first-order chi connectivity index (χ1) is 12.6. The summed E-state index contributed by atoms with van der Waals surface area (Å²) in [6.45, 7) is 6.22. The van der Waals surface area contributed by atoms with Crippen LogP contribution in [0.4, 0.5) is 5.82 Å². The first-order valence-electron chi connectivity index (χ1n) is 9.11. The summed E-state index contributed by atoms with van der Waals surface area (Å²) >= 11 is 0. The summed E-state index contributed by atoms with van der Waals surface area (Å²) in [5, 5.41) is 7.81. The first-order valence-corrected chi connectivity index (χ1v) is 9.11. The lowest BCUT2D eigenvalue weighted by atomic mass is 10.1. The van der Waals surface area contributed by atoms with Crippen molar-refractivity contribution in [1.82, 2.24) is 9.78 Å². The summed E-state index contributed by atoms with van der Waals surface area (Å²) in [7, 11) is 0. The number of hydrogen-bond donors (Lipinski definition) is 1. The van der Waals surface area contributed by atoms with E-state index in [0.717, 1.165) is 35.3 Å². The summed E-state index contributed by atoms with van der Waals surface area (Å²) in [4.78, 5) is 12.3. The van der Waals surface area contributed by atoms with E-state index in [-0.39, 0.29) is 5.91 Å². The molecule has 3 aromatic rings. The molecule has 4 heteroatoms. The van der Waals surface area contributed by atoms with Gasteiger partial charge in [0.05, 0.1) is 11.4 Å². The van der Waals surface area contributed by atoms with Crippen LogP contribution in [0.15, 0.2) is 54.6 Å². The number of anilines is 1. The molecule has 0 aliphatic rings. The van der Waals surface area contributed by atoms with Crippen LogP contribution in [0, 0.1) is 13.8 Å². The molecule has 3 rings (SSSR count). The highest BCUT2D eigenvalue weighted by atomic mass is 16.1. The minimum absolute atomic E-state index is 0.0253. The molecule has 0 saturated heterocycles. The van der Waals surface area contributed by atoms with Gasteiger partial charge in [0.1, 0.15) is 5.82 Å². The van der Waals surface area contributed by atoms with Crippen LogP contribution in [-0.2, 0) is 4.79 Å². The molecule has 0 aliphatic carbocycles. The zero-order chi connectivity index (χ0) is 18.5. The average molecular weight is 347 g/mol. The Labute approximate surface area is 154 Å². The Morgan fingerprint density at radius 1 is 1.08 bits per heavy atom. The minimum atomic E-state index is 0.0253. The number of carbonyl (C=O) groups excluding carboxylic acids is 1. The van der Waals surface area contributed by atoms with Crippen molar-refractivity contribution in [3.63, 3.8) is 0 Å². The van der Waals surface area contributed by atoms with Crippen LogP contribution in [0.1, 0.15) is 37.3 Å². The van der Waals surface area contributed by atoms with E-state index in [9.17, 15) is 4.79 Å². The van der Waals surface area contributed by atoms with Crippen molar-refractivity contribution in [2.75, 3.05) is 5.32 Å². The number of aromatic nitrogens is 2. The van der Waals surface area contributed by atoms with Crippen LogP contribution in [-0.4, -0.2) is 15.7 Å². The van der Waals surface area contributed by atoms with Crippen LogP contribution in [0.25, 0.3) is 16.9 Å². The molecule has 26 heavy (non-hydrogen) atoms. The molecule has 0 radical (unpaired) electrons. The zero-order valence-corrected chi connectivity index (χ0v) is 15.6. The molecule has 0 unspecified atom stereocenters. The van der Waals surface area contributed by atoms with E-state index in [1.165, 1.54) is 5.56 Å². The molecule has 0 fully saturated rings. The Balaban J connectivity index is 2.02. The smallest absolute Gasteiger partial charge is 0.225 e. The molecular weight excluding hydrogens is 322 g/mol. The van der Waals surface area contributed by atoms with E-state index in [4.69, 9.17) is 5.10 Å². The quantitative estimate of drug-likeness (QED) is 0.659. The molecule has 0 saturated carbocycles. The maximum atomic E-state index is 12.3. The average Bonchev–Trinajstić information content (AvgIpc) is 3.04. The monoisotopic (exact) mass is 347 g/mol. The Morgan fingerprint density at radius 2 is 1.85 bits per heavy atom. The number of hydrogen-bond acceptors (Lipinski definition) is 2. The topological polar surface area (TPSA) is 46.9 Å². The lowest BCUT2D eigenvalue weighted by Gasteiger charge is -2.11. The van der Waals surface area contributed by atoms with Crippen molar-refractivity contribution in [1.29, 1.82) is 0 Å². The standard InChI is InChI=1S/C22H25N3O/c1-4-5-11-22(26)23-21-15-19(18-9-7-6-8-10-18)24-25(21)20-13-12-16(2)14-17(20)3/h6-10,12-15H,4-5,11H2,1-3H3,(H,23,26). The molecular formula is C22H25N3O. The van der Waals surface area contributed by atoms with Gasteiger partial charge < -0.3 is 5.32 Å². The first kappa shape index (κ1) is 17.9. The van der Waals surface area contributed by atoms with Crippen LogP contribution >= 0.6 is 0 Å². The van der Waals surface area contributed by atoms with E-state index < -0.39 is 0 Å². The highest BCUT2D eigenvalue weighted by Crippen LogP contribution is 2.26. The van der Waals surface area contributed by atoms with Crippen LogP contribution in [0.3, 0.4) is 0 Å². The maximum absolute atomic E-state index is 12.3. The van der Waals surface area contributed by atoms with Crippen molar-refractivity contribution in [2.24, 2.45) is 0 Å². The van der Waals surface area contributed by atoms with Gasteiger partial charge in [-0.3, -0.25) is 4.79 Å². The second-order valence-electron chi connectivity index (χ2n) is 6.63. The second-order valence-corrected chi connectivity index (χ2v) is 6.63. The van der Waals surface area contributed by atoms with E-state index in [1.54, 1.807) is 0 Å². The van der Waals surface area contributed by atoms with Crippen molar-refractivity contribution in [3.8, 4) is 16.9 Å². The van der Waals surface area contributed by atoms with Gasteiger partial charge in [0.15, 0.2) is 0 Å². The van der Waals surface area contributed by atoms with Gasteiger partial charge in [0.25, 0.3) is 0 Å². The lowest BCUT2D eigenvalue weighted by Crippen LogP contribution is -2.15. The number of aryl methyl sites for hydroxylation is 2.